The molecule has 2 aromatic rings. The molecule has 2 rings (SSSR count). The van der Waals surface area contributed by atoms with Gasteiger partial charge in [-0.3, -0.25) is 0 Å². The highest BCUT2D eigenvalue weighted by atomic mass is 16.3. The zero-order valence-corrected chi connectivity index (χ0v) is 11.6. The molecule has 0 aliphatic heterocycles. The van der Waals surface area contributed by atoms with Crippen LogP contribution >= 0.6 is 0 Å². The highest BCUT2D eigenvalue weighted by Crippen LogP contribution is 2.21. The summed E-state index contributed by atoms with van der Waals surface area (Å²) in [6.07, 6.45) is 0. The molecule has 0 atom stereocenters. The van der Waals surface area contributed by atoms with Crippen molar-refractivity contribution in [3.63, 3.8) is 0 Å². The lowest BCUT2D eigenvalue weighted by molar-refractivity contribution is 0.475. The van der Waals surface area contributed by atoms with Crippen molar-refractivity contribution in [2.45, 2.75) is 33.1 Å². The molecule has 0 saturated carbocycles. The van der Waals surface area contributed by atoms with Crippen LogP contribution in [0.1, 0.15) is 31.9 Å². The summed E-state index contributed by atoms with van der Waals surface area (Å²) in [4.78, 5) is 0. The second-order valence-corrected chi connectivity index (χ2v) is 5.45. The van der Waals surface area contributed by atoms with Crippen molar-refractivity contribution in [3.05, 3.63) is 65.7 Å². The minimum absolute atomic E-state index is 0.285. The van der Waals surface area contributed by atoms with Gasteiger partial charge in [-0.05, 0) is 30.0 Å². The van der Waals surface area contributed by atoms with E-state index in [4.69, 9.17) is 5.11 Å². The molecule has 0 fully saturated rings. The molecule has 0 aromatic heterocycles. The number of hydrogen-bond acceptors (Lipinski definition) is 1. The van der Waals surface area contributed by atoms with Gasteiger partial charge in [-0.2, -0.15) is 0 Å². The fourth-order valence-electron chi connectivity index (χ4n) is 1.48. The van der Waals surface area contributed by atoms with Gasteiger partial charge in [0.2, 0.25) is 0 Å². The minimum atomic E-state index is 0.285. The highest BCUT2D eigenvalue weighted by Gasteiger charge is 2.11. The van der Waals surface area contributed by atoms with E-state index in [1.807, 2.05) is 6.07 Å². The molecule has 1 nitrogen and oxygen atoms in total. The van der Waals surface area contributed by atoms with Crippen molar-refractivity contribution in [1.82, 2.24) is 0 Å². The van der Waals surface area contributed by atoms with Crippen LogP contribution in [-0.4, -0.2) is 5.11 Å². The Morgan fingerprint density at radius 2 is 1.28 bits per heavy atom. The van der Waals surface area contributed by atoms with Gasteiger partial charge in [0.05, 0.1) is 0 Å². The van der Waals surface area contributed by atoms with Crippen LogP contribution in [0.4, 0.5) is 0 Å². The third-order valence-corrected chi connectivity index (χ3v) is 2.67. The average molecular weight is 242 g/mol. The number of hydrogen-bond donors (Lipinski definition) is 1. The lowest BCUT2D eigenvalue weighted by atomic mass is 9.87. The molecule has 0 unspecified atom stereocenters. The quantitative estimate of drug-likeness (QED) is 0.711. The Morgan fingerprint density at radius 1 is 0.778 bits per heavy atom. The van der Waals surface area contributed by atoms with E-state index in [1.165, 1.54) is 11.1 Å². The SMILES string of the molecule is Cc1ccc(C(C)(C)C)cc1.Oc1ccccc1. The van der Waals surface area contributed by atoms with Crippen molar-refractivity contribution >= 4 is 0 Å². The number of phenolic OH excluding ortho intramolecular Hbond substituents is 1. The highest BCUT2D eigenvalue weighted by molar-refractivity contribution is 5.26. The summed E-state index contributed by atoms with van der Waals surface area (Å²) in [5.41, 5.74) is 3.02. The van der Waals surface area contributed by atoms with E-state index in [-0.39, 0.29) is 5.41 Å². The summed E-state index contributed by atoms with van der Waals surface area (Å²) in [6, 6.07) is 17.5. The molecule has 0 aliphatic rings. The standard InChI is InChI=1S/C11H16.C6H6O/c1-9-5-7-10(8-6-9)11(2,3)4;7-6-4-2-1-3-5-6/h5-8H,1-4H3;1-5,7H. The maximum absolute atomic E-state index is 8.63. The Labute approximate surface area is 110 Å². The van der Waals surface area contributed by atoms with E-state index in [0.29, 0.717) is 5.75 Å². The molecule has 1 N–H and O–H groups in total. The zero-order valence-electron chi connectivity index (χ0n) is 11.6. The summed E-state index contributed by atoms with van der Waals surface area (Å²) < 4.78 is 0. The normalized spacial score (nSPS) is 10.4. The molecule has 0 radical (unpaired) electrons. The van der Waals surface area contributed by atoms with E-state index in [0.717, 1.165) is 0 Å². The number of rotatable bonds is 0. The summed E-state index contributed by atoms with van der Waals surface area (Å²) in [6.45, 7) is 8.82. The average Bonchev–Trinajstić information content (AvgIpc) is 2.30. The molecular formula is C17H22O. The van der Waals surface area contributed by atoms with E-state index < -0.39 is 0 Å². The fraction of sp³-hybridized carbons (Fsp3) is 0.294. The van der Waals surface area contributed by atoms with E-state index in [2.05, 4.69) is 52.0 Å². The second kappa shape index (κ2) is 6.25. The van der Waals surface area contributed by atoms with Gasteiger partial charge in [0.25, 0.3) is 0 Å². The van der Waals surface area contributed by atoms with Crippen molar-refractivity contribution < 1.29 is 5.11 Å². The van der Waals surface area contributed by atoms with Crippen LogP contribution in [0.2, 0.25) is 0 Å². The topological polar surface area (TPSA) is 20.2 Å². The van der Waals surface area contributed by atoms with Gasteiger partial charge in [0, 0.05) is 0 Å². The fourth-order valence-corrected chi connectivity index (χ4v) is 1.48. The van der Waals surface area contributed by atoms with Gasteiger partial charge in [-0.15, -0.1) is 0 Å². The van der Waals surface area contributed by atoms with Gasteiger partial charge < -0.3 is 5.11 Å². The van der Waals surface area contributed by atoms with Gasteiger partial charge in [0.1, 0.15) is 5.75 Å². The van der Waals surface area contributed by atoms with E-state index >= 15 is 0 Å². The molecule has 2 aromatic carbocycles. The van der Waals surface area contributed by atoms with Crippen LogP contribution in [0.15, 0.2) is 54.6 Å². The van der Waals surface area contributed by atoms with Gasteiger partial charge in [-0.1, -0.05) is 68.8 Å². The largest absolute Gasteiger partial charge is 0.508 e. The molecule has 18 heavy (non-hydrogen) atoms. The summed E-state index contributed by atoms with van der Waals surface area (Å²) in [5, 5.41) is 8.63. The number of para-hydroxylation sites is 1. The smallest absolute Gasteiger partial charge is 0.115 e. The Kier molecular flexibility index (Phi) is 4.96. The van der Waals surface area contributed by atoms with E-state index in [1.54, 1.807) is 24.3 Å². The molecule has 0 bridgehead atoms. The first-order valence-corrected chi connectivity index (χ1v) is 6.21. The Bertz CT molecular complexity index is 449. The lowest BCUT2D eigenvalue weighted by Gasteiger charge is -2.18. The first-order valence-electron chi connectivity index (χ1n) is 6.21. The van der Waals surface area contributed by atoms with Crippen molar-refractivity contribution in [3.8, 4) is 5.75 Å². The maximum atomic E-state index is 8.63. The summed E-state index contributed by atoms with van der Waals surface area (Å²) in [5.74, 6) is 0.322. The van der Waals surface area contributed by atoms with Crippen LogP contribution in [0.3, 0.4) is 0 Å². The Hall–Kier alpha value is -1.76. The van der Waals surface area contributed by atoms with Crippen LogP contribution in [0, 0.1) is 6.92 Å². The van der Waals surface area contributed by atoms with Crippen LogP contribution in [0.5, 0.6) is 5.75 Å². The number of aryl methyl sites for hydroxylation is 1. The van der Waals surface area contributed by atoms with Crippen molar-refractivity contribution in [1.29, 1.82) is 0 Å². The summed E-state index contributed by atoms with van der Waals surface area (Å²) in [7, 11) is 0. The van der Waals surface area contributed by atoms with Crippen molar-refractivity contribution in [2.75, 3.05) is 0 Å². The van der Waals surface area contributed by atoms with Gasteiger partial charge >= 0.3 is 0 Å². The Morgan fingerprint density at radius 3 is 1.61 bits per heavy atom. The van der Waals surface area contributed by atoms with E-state index in [9.17, 15) is 0 Å². The lowest BCUT2D eigenvalue weighted by Crippen LogP contribution is -2.10. The third kappa shape index (κ3) is 5.05. The second-order valence-electron chi connectivity index (χ2n) is 5.45. The number of phenols is 1. The molecule has 0 amide bonds. The summed E-state index contributed by atoms with van der Waals surface area (Å²) >= 11 is 0. The third-order valence-electron chi connectivity index (χ3n) is 2.67. The molecule has 0 spiro atoms. The Balaban J connectivity index is 0.000000199. The molecule has 1 heteroatoms. The zero-order chi connectivity index (χ0) is 13.6. The molecule has 0 heterocycles. The monoisotopic (exact) mass is 242 g/mol. The molecule has 0 aliphatic carbocycles. The first-order chi connectivity index (χ1) is 8.39. The van der Waals surface area contributed by atoms with Gasteiger partial charge in [-0.25, -0.2) is 0 Å². The molecule has 0 saturated heterocycles. The van der Waals surface area contributed by atoms with Gasteiger partial charge in [0.15, 0.2) is 0 Å². The van der Waals surface area contributed by atoms with Crippen LogP contribution < -0.4 is 0 Å². The predicted octanol–water partition coefficient (Wildman–Crippen LogP) is 4.68. The number of benzene rings is 2. The van der Waals surface area contributed by atoms with Crippen LogP contribution in [0.25, 0.3) is 0 Å². The number of aromatic hydroxyl groups is 1. The van der Waals surface area contributed by atoms with Crippen molar-refractivity contribution in [2.24, 2.45) is 0 Å². The van der Waals surface area contributed by atoms with Crippen LogP contribution in [-0.2, 0) is 5.41 Å². The molecular weight excluding hydrogens is 220 g/mol. The molecule has 96 valence electrons. The minimum Gasteiger partial charge on any atom is -0.508 e. The predicted molar refractivity (Wildman–Crippen MR) is 78.0 cm³/mol. The first kappa shape index (κ1) is 14.3. The maximum Gasteiger partial charge on any atom is 0.115 e.